The molecule has 0 spiro atoms. The zero-order valence-electron chi connectivity index (χ0n) is 17.6. The lowest BCUT2D eigenvalue weighted by Gasteiger charge is -2.15. The average Bonchev–Trinajstić information content (AvgIpc) is 2.84. The predicted octanol–water partition coefficient (Wildman–Crippen LogP) is 4.51. The molecule has 1 amide bonds. The summed E-state index contributed by atoms with van der Waals surface area (Å²) in [5.74, 6) is 0.248. The molecule has 0 saturated heterocycles. The first kappa shape index (κ1) is 21.1. The van der Waals surface area contributed by atoms with Crippen LogP contribution in [0.4, 0.5) is 0 Å². The molecule has 2 heterocycles. The number of ether oxygens (including phenoxy) is 1. The molecule has 1 atom stereocenters. The van der Waals surface area contributed by atoms with Crippen molar-refractivity contribution in [3.8, 4) is 17.0 Å². The number of pyridine rings is 2. The van der Waals surface area contributed by atoms with Crippen molar-refractivity contribution in [2.75, 3.05) is 0 Å². The Bertz CT molecular complexity index is 1250. The van der Waals surface area contributed by atoms with Gasteiger partial charge in [0.2, 0.25) is 0 Å². The van der Waals surface area contributed by atoms with Crippen LogP contribution in [-0.2, 0) is 6.61 Å². The average molecular weight is 425 g/mol. The highest BCUT2D eigenvalue weighted by molar-refractivity contribution is 5.94. The molecule has 0 bridgehead atoms. The van der Waals surface area contributed by atoms with Crippen LogP contribution in [0.2, 0.25) is 0 Å². The number of aromatic nitrogens is 2. The van der Waals surface area contributed by atoms with Gasteiger partial charge in [0.25, 0.3) is 11.5 Å². The van der Waals surface area contributed by atoms with E-state index in [2.05, 4.69) is 15.3 Å². The smallest absolute Gasteiger partial charge is 0.261 e. The summed E-state index contributed by atoms with van der Waals surface area (Å²) in [6, 6.07) is 25.6. The highest BCUT2D eigenvalue weighted by atomic mass is 16.5. The van der Waals surface area contributed by atoms with Gasteiger partial charge in [-0.2, -0.15) is 0 Å². The summed E-state index contributed by atoms with van der Waals surface area (Å²) in [5, 5.41) is 2.89. The molecule has 2 aromatic heterocycles. The van der Waals surface area contributed by atoms with E-state index in [1.54, 1.807) is 18.3 Å². The van der Waals surface area contributed by atoms with Crippen LogP contribution in [0.25, 0.3) is 11.3 Å². The van der Waals surface area contributed by atoms with Crippen LogP contribution in [-0.4, -0.2) is 15.9 Å². The summed E-state index contributed by atoms with van der Waals surface area (Å²) in [6.45, 7) is 2.22. The number of H-pyrrole nitrogens is 1. The van der Waals surface area contributed by atoms with Gasteiger partial charge in [-0.25, -0.2) is 0 Å². The summed E-state index contributed by atoms with van der Waals surface area (Å²) in [7, 11) is 0. The van der Waals surface area contributed by atoms with Gasteiger partial charge in [0.15, 0.2) is 0 Å². The molecule has 0 aliphatic heterocycles. The molecular weight excluding hydrogens is 402 g/mol. The highest BCUT2D eigenvalue weighted by Crippen LogP contribution is 2.20. The van der Waals surface area contributed by atoms with E-state index in [1.165, 1.54) is 0 Å². The van der Waals surface area contributed by atoms with E-state index in [1.807, 2.05) is 79.7 Å². The van der Waals surface area contributed by atoms with E-state index in [4.69, 9.17) is 4.74 Å². The van der Waals surface area contributed by atoms with Crippen LogP contribution in [0.3, 0.4) is 0 Å². The maximum atomic E-state index is 12.7. The summed E-state index contributed by atoms with van der Waals surface area (Å²) in [5.41, 5.74) is 2.89. The zero-order valence-corrected chi connectivity index (χ0v) is 17.6. The topological polar surface area (TPSA) is 84.1 Å². The van der Waals surface area contributed by atoms with Crippen molar-refractivity contribution in [2.24, 2.45) is 0 Å². The minimum atomic E-state index is -0.432. The SMILES string of the molecule is CC(NC(=O)c1ccc(-c2ccccc2)[nH]c1=O)c1cccc(OCc2ccccn2)c1. The van der Waals surface area contributed by atoms with Crippen LogP contribution < -0.4 is 15.6 Å². The van der Waals surface area contributed by atoms with Crippen LogP contribution >= 0.6 is 0 Å². The number of amides is 1. The second-order valence-electron chi connectivity index (χ2n) is 7.36. The first-order valence-electron chi connectivity index (χ1n) is 10.3. The number of carbonyl (C=O) groups is 1. The number of benzene rings is 2. The van der Waals surface area contributed by atoms with Gasteiger partial charge in [0.1, 0.15) is 17.9 Å². The fraction of sp³-hybridized carbons (Fsp3) is 0.115. The van der Waals surface area contributed by atoms with Crippen LogP contribution in [0.1, 0.15) is 34.6 Å². The fourth-order valence-corrected chi connectivity index (χ4v) is 3.31. The molecule has 2 N–H and O–H groups in total. The maximum Gasteiger partial charge on any atom is 0.261 e. The first-order chi connectivity index (χ1) is 15.6. The van der Waals surface area contributed by atoms with E-state index in [-0.39, 0.29) is 11.6 Å². The van der Waals surface area contributed by atoms with Crippen molar-refractivity contribution in [2.45, 2.75) is 19.6 Å². The van der Waals surface area contributed by atoms with Gasteiger partial charge >= 0.3 is 0 Å². The molecule has 0 aliphatic rings. The third-order valence-electron chi connectivity index (χ3n) is 5.06. The Morgan fingerprint density at radius 2 is 1.81 bits per heavy atom. The number of nitrogens with one attached hydrogen (secondary N) is 2. The molecular formula is C26H23N3O3. The lowest BCUT2D eigenvalue weighted by atomic mass is 10.1. The van der Waals surface area contributed by atoms with E-state index < -0.39 is 11.5 Å². The van der Waals surface area contributed by atoms with Crippen molar-refractivity contribution in [1.29, 1.82) is 0 Å². The molecule has 32 heavy (non-hydrogen) atoms. The Balaban J connectivity index is 1.43. The number of carbonyl (C=O) groups excluding carboxylic acids is 1. The van der Waals surface area contributed by atoms with E-state index in [0.717, 1.165) is 16.8 Å². The predicted molar refractivity (Wildman–Crippen MR) is 123 cm³/mol. The van der Waals surface area contributed by atoms with Crippen molar-refractivity contribution >= 4 is 5.91 Å². The lowest BCUT2D eigenvalue weighted by Crippen LogP contribution is -2.31. The van der Waals surface area contributed by atoms with Crippen LogP contribution in [0.15, 0.2) is 95.9 Å². The minimum Gasteiger partial charge on any atom is -0.487 e. The maximum absolute atomic E-state index is 12.7. The summed E-state index contributed by atoms with van der Waals surface area (Å²) in [4.78, 5) is 32.3. The first-order valence-corrected chi connectivity index (χ1v) is 10.3. The second-order valence-corrected chi connectivity index (χ2v) is 7.36. The number of rotatable bonds is 7. The third-order valence-corrected chi connectivity index (χ3v) is 5.06. The van der Waals surface area contributed by atoms with E-state index in [0.29, 0.717) is 18.1 Å². The highest BCUT2D eigenvalue weighted by Gasteiger charge is 2.15. The Labute approximate surface area is 185 Å². The van der Waals surface area contributed by atoms with E-state index >= 15 is 0 Å². The molecule has 2 aromatic carbocycles. The Morgan fingerprint density at radius 3 is 2.56 bits per heavy atom. The molecule has 160 valence electrons. The Hall–Kier alpha value is -4.19. The van der Waals surface area contributed by atoms with Crippen molar-refractivity contribution in [1.82, 2.24) is 15.3 Å². The summed E-state index contributed by atoms with van der Waals surface area (Å²) >= 11 is 0. The Morgan fingerprint density at radius 1 is 1.00 bits per heavy atom. The third kappa shape index (κ3) is 5.10. The molecule has 0 fully saturated rings. The van der Waals surface area contributed by atoms with Gasteiger partial charge in [-0.15, -0.1) is 0 Å². The fourth-order valence-electron chi connectivity index (χ4n) is 3.31. The number of hydrogen-bond donors (Lipinski definition) is 2. The number of hydrogen-bond acceptors (Lipinski definition) is 4. The van der Waals surface area contributed by atoms with Crippen molar-refractivity contribution in [3.05, 3.63) is 118 Å². The second kappa shape index (κ2) is 9.75. The van der Waals surface area contributed by atoms with Crippen molar-refractivity contribution < 1.29 is 9.53 Å². The van der Waals surface area contributed by atoms with Crippen LogP contribution in [0, 0.1) is 0 Å². The lowest BCUT2D eigenvalue weighted by molar-refractivity contribution is 0.0938. The van der Waals surface area contributed by atoms with Gasteiger partial charge in [-0.1, -0.05) is 48.5 Å². The number of aromatic amines is 1. The molecule has 0 aliphatic carbocycles. The zero-order chi connectivity index (χ0) is 22.3. The quantitative estimate of drug-likeness (QED) is 0.456. The monoisotopic (exact) mass is 425 g/mol. The van der Waals surface area contributed by atoms with Gasteiger partial charge < -0.3 is 15.0 Å². The molecule has 0 radical (unpaired) electrons. The molecule has 6 nitrogen and oxygen atoms in total. The van der Waals surface area contributed by atoms with Gasteiger partial charge in [0, 0.05) is 11.9 Å². The van der Waals surface area contributed by atoms with Crippen molar-refractivity contribution in [3.63, 3.8) is 0 Å². The standard InChI is InChI=1S/C26H23N3O3/c1-18(20-10-7-12-22(16-20)32-17-21-11-5-6-15-27-21)28-25(30)23-13-14-24(29-26(23)31)19-8-3-2-4-9-19/h2-16,18H,17H2,1H3,(H,28,30)(H,29,31). The normalized spacial score (nSPS) is 11.5. The largest absolute Gasteiger partial charge is 0.487 e. The molecule has 0 saturated carbocycles. The molecule has 4 rings (SSSR count). The van der Waals surface area contributed by atoms with E-state index in [9.17, 15) is 9.59 Å². The van der Waals surface area contributed by atoms with Gasteiger partial charge in [0.05, 0.1) is 11.7 Å². The Kier molecular flexibility index (Phi) is 6.41. The summed E-state index contributed by atoms with van der Waals surface area (Å²) in [6.07, 6.45) is 1.72. The minimum absolute atomic E-state index is 0.0686. The van der Waals surface area contributed by atoms with Gasteiger partial charge in [-0.3, -0.25) is 14.6 Å². The summed E-state index contributed by atoms with van der Waals surface area (Å²) < 4.78 is 5.82. The molecule has 1 unspecified atom stereocenters. The molecule has 6 heteroatoms. The van der Waals surface area contributed by atoms with Crippen LogP contribution in [0.5, 0.6) is 5.75 Å². The molecule has 4 aromatic rings. The van der Waals surface area contributed by atoms with Gasteiger partial charge in [-0.05, 0) is 54.4 Å². The number of nitrogens with zero attached hydrogens (tertiary/aromatic N) is 1.